The summed E-state index contributed by atoms with van der Waals surface area (Å²) in [5, 5.41) is 9.09. The monoisotopic (exact) mass is 236 g/mol. The molecule has 1 fully saturated rings. The lowest BCUT2D eigenvalue weighted by Crippen LogP contribution is -2.36. The molecule has 16 heavy (non-hydrogen) atoms. The fraction of sp³-hybridized carbons (Fsp3) is 0.778. The Morgan fingerprint density at radius 2 is 2.00 bits per heavy atom. The molecule has 1 N–H and O–H groups in total. The summed E-state index contributed by atoms with van der Waals surface area (Å²) >= 11 is 0. The average Bonchev–Trinajstić information content (AvgIpc) is 2.42. The molecular weight excluding hydrogens is 223 g/mol. The summed E-state index contributed by atoms with van der Waals surface area (Å²) in [6.45, 7) is 2.02. The highest BCUT2D eigenvalue weighted by Gasteiger charge is 2.47. The highest BCUT2D eigenvalue weighted by molar-refractivity contribution is 5.66. The Balaban J connectivity index is 2.59. The number of hydrogen-bond donors (Lipinski definition) is 1. The minimum atomic E-state index is -1.84. The fourth-order valence-electron chi connectivity index (χ4n) is 1.37. The van der Waals surface area contributed by atoms with Crippen molar-refractivity contribution in [2.75, 3.05) is 6.61 Å². The van der Waals surface area contributed by atoms with E-state index < -0.39 is 36.6 Å². The summed E-state index contributed by atoms with van der Waals surface area (Å²) in [5.74, 6) is -1.26. The number of carbonyl (C=O) groups is 2. The number of carbonyl (C=O) groups excluding carboxylic acids is 2. The van der Waals surface area contributed by atoms with E-state index in [2.05, 4.69) is 9.47 Å². The predicted octanol–water partition coefficient (Wildman–Crippen LogP) is -0.464. The maximum atomic E-state index is 13.3. The Labute approximate surface area is 91.3 Å². The molecule has 0 aromatic heterocycles. The molecule has 1 rings (SSSR count). The highest BCUT2D eigenvalue weighted by atomic mass is 19.1. The van der Waals surface area contributed by atoms with Crippen LogP contribution < -0.4 is 0 Å². The summed E-state index contributed by atoms with van der Waals surface area (Å²) in [6.07, 6.45) is -5.76. The molecule has 0 aromatic carbocycles. The Bertz CT molecular complexity index is 281. The van der Waals surface area contributed by atoms with Crippen molar-refractivity contribution >= 4 is 11.9 Å². The van der Waals surface area contributed by atoms with Gasteiger partial charge in [0.15, 0.2) is 18.6 Å². The molecular formula is C9H13FO6. The minimum absolute atomic E-state index is 0.273. The van der Waals surface area contributed by atoms with Crippen LogP contribution in [0.3, 0.4) is 0 Å². The SMILES string of the molecule is CC(=O)OC[C@@H]1O[C@H](O)[C@@H](F)[C@@H]1OC(C)=O. The Hall–Kier alpha value is -1.21. The number of halogens is 1. The van der Waals surface area contributed by atoms with Gasteiger partial charge in [-0.1, -0.05) is 0 Å². The van der Waals surface area contributed by atoms with Crippen LogP contribution in [0, 0.1) is 0 Å². The van der Waals surface area contributed by atoms with E-state index in [1.165, 1.54) is 6.92 Å². The van der Waals surface area contributed by atoms with Gasteiger partial charge >= 0.3 is 11.9 Å². The standard InChI is InChI=1S/C9H13FO6/c1-4(11)14-3-6-8(15-5(2)12)7(10)9(13)16-6/h6-9,13H,3H2,1-2H3/t6-,7-,8+,9-/m0/s1. The van der Waals surface area contributed by atoms with E-state index in [1.54, 1.807) is 0 Å². The largest absolute Gasteiger partial charge is 0.463 e. The van der Waals surface area contributed by atoms with E-state index in [4.69, 9.17) is 9.84 Å². The quantitative estimate of drug-likeness (QED) is 0.667. The number of aliphatic hydroxyl groups excluding tert-OH is 1. The fourth-order valence-corrected chi connectivity index (χ4v) is 1.37. The van der Waals surface area contributed by atoms with Crippen molar-refractivity contribution in [1.29, 1.82) is 0 Å². The molecule has 6 nitrogen and oxygen atoms in total. The minimum Gasteiger partial charge on any atom is -0.463 e. The molecule has 0 amide bonds. The highest BCUT2D eigenvalue weighted by Crippen LogP contribution is 2.25. The van der Waals surface area contributed by atoms with Crippen molar-refractivity contribution in [3.8, 4) is 0 Å². The van der Waals surface area contributed by atoms with Gasteiger partial charge in [0, 0.05) is 13.8 Å². The number of ether oxygens (including phenoxy) is 3. The number of alkyl halides is 1. The maximum Gasteiger partial charge on any atom is 0.303 e. The lowest BCUT2D eigenvalue weighted by atomic mass is 10.1. The van der Waals surface area contributed by atoms with Gasteiger partial charge in [-0.25, -0.2) is 4.39 Å². The summed E-state index contributed by atoms with van der Waals surface area (Å²) in [4.78, 5) is 21.3. The molecule has 7 heteroatoms. The molecule has 0 aliphatic carbocycles. The van der Waals surface area contributed by atoms with E-state index in [1.807, 2.05) is 0 Å². The first-order chi connectivity index (χ1) is 7.41. The zero-order valence-electron chi connectivity index (χ0n) is 8.88. The molecule has 0 unspecified atom stereocenters. The molecule has 1 heterocycles. The third kappa shape index (κ3) is 3.14. The number of aliphatic hydroxyl groups is 1. The summed E-state index contributed by atoms with van der Waals surface area (Å²) in [7, 11) is 0. The molecule has 1 aliphatic heterocycles. The van der Waals surface area contributed by atoms with Gasteiger partial charge in [0.25, 0.3) is 0 Å². The molecule has 0 radical (unpaired) electrons. The van der Waals surface area contributed by atoms with Crippen LogP contribution in [0.25, 0.3) is 0 Å². The predicted molar refractivity (Wildman–Crippen MR) is 48.0 cm³/mol. The zero-order valence-corrected chi connectivity index (χ0v) is 8.88. The van der Waals surface area contributed by atoms with Crippen LogP contribution in [0.1, 0.15) is 13.8 Å². The van der Waals surface area contributed by atoms with Crippen LogP contribution >= 0.6 is 0 Å². The van der Waals surface area contributed by atoms with Crippen LogP contribution in [0.5, 0.6) is 0 Å². The molecule has 0 spiro atoms. The van der Waals surface area contributed by atoms with Crippen LogP contribution in [0.2, 0.25) is 0 Å². The first kappa shape index (κ1) is 12.9. The average molecular weight is 236 g/mol. The number of hydrogen-bond acceptors (Lipinski definition) is 6. The normalized spacial score (nSPS) is 33.5. The molecule has 92 valence electrons. The summed E-state index contributed by atoms with van der Waals surface area (Å²) in [6, 6.07) is 0. The van der Waals surface area contributed by atoms with Crippen LogP contribution in [-0.4, -0.2) is 48.3 Å². The summed E-state index contributed by atoms with van der Waals surface area (Å²) in [5.41, 5.74) is 0. The summed E-state index contributed by atoms with van der Waals surface area (Å²) < 4.78 is 27.3. The first-order valence-corrected chi connectivity index (χ1v) is 4.70. The molecule has 0 saturated carbocycles. The second kappa shape index (κ2) is 5.22. The van der Waals surface area contributed by atoms with Gasteiger partial charge < -0.3 is 19.3 Å². The van der Waals surface area contributed by atoms with E-state index in [-0.39, 0.29) is 6.61 Å². The van der Waals surface area contributed by atoms with Gasteiger partial charge in [0.05, 0.1) is 0 Å². The van der Waals surface area contributed by atoms with Gasteiger partial charge in [0.2, 0.25) is 0 Å². The lowest BCUT2D eigenvalue weighted by molar-refractivity contribution is -0.159. The molecule has 4 atom stereocenters. The van der Waals surface area contributed by atoms with Gasteiger partial charge in [-0.3, -0.25) is 9.59 Å². The Morgan fingerprint density at radius 3 is 2.50 bits per heavy atom. The zero-order chi connectivity index (χ0) is 12.3. The second-order valence-corrected chi connectivity index (χ2v) is 3.39. The van der Waals surface area contributed by atoms with E-state index in [9.17, 15) is 14.0 Å². The third-order valence-electron chi connectivity index (χ3n) is 2.02. The van der Waals surface area contributed by atoms with Crippen LogP contribution in [0.4, 0.5) is 4.39 Å². The van der Waals surface area contributed by atoms with Crippen molar-refractivity contribution in [3.05, 3.63) is 0 Å². The van der Waals surface area contributed by atoms with E-state index in [0.717, 1.165) is 6.92 Å². The molecule has 0 aromatic rings. The van der Waals surface area contributed by atoms with Crippen molar-refractivity contribution in [2.45, 2.75) is 38.5 Å². The van der Waals surface area contributed by atoms with Crippen LogP contribution in [-0.2, 0) is 23.8 Å². The number of esters is 2. The van der Waals surface area contributed by atoms with E-state index >= 15 is 0 Å². The first-order valence-electron chi connectivity index (χ1n) is 4.70. The molecule has 1 aliphatic rings. The third-order valence-corrected chi connectivity index (χ3v) is 2.02. The Kier molecular flexibility index (Phi) is 4.19. The molecule has 1 saturated heterocycles. The smallest absolute Gasteiger partial charge is 0.303 e. The van der Waals surface area contributed by atoms with Gasteiger partial charge in [-0.2, -0.15) is 0 Å². The number of rotatable bonds is 3. The van der Waals surface area contributed by atoms with Crippen molar-refractivity contribution < 1.29 is 33.3 Å². The second-order valence-electron chi connectivity index (χ2n) is 3.39. The maximum absolute atomic E-state index is 13.3. The van der Waals surface area contributed by atoms with Crippen molar-refractivity contribution in [3.63, 3.8) is 0 Å². The van der Waals surface area contributed by atoms with E-state index in [0.29, 0.717) is 0 Å². The Morgan fingerprint density at radius 1 is 1.38 bits per heavy atom. The van der Waals surface area contributed by atoms with Gasteiger partial charge in [0.1, 0.15) is 12.7 Å². The van der Waals surface area contributed by atoms with Crippen LogP contribution in [0.15, 0.2) is 0 Å². The topological polar surface area (TPSA) is 82.1 Å². The molecule has 0 bridgehead atoms. The lowest BCUT2D eigenvalue weighted by Gasteiger charge is -2.18. The van der Waals surface area contributed by atoms with Gasteiger partial charge in [-0.05, 0) is 0 Å². The van der Waals surface area contributed by atoms with Gasteiger partial charge in [-0.15, -0.1) is 0 Å². The van der Waals surface area contributed by atoms with Crippen molar-refractivity contribution in [1.82, 2.24) is 0 Å². The van der Waals surface area contributed by atoms with Crippen molar-refractivity contribution in [2.24, 2.45) is 0 Å².